The van der Waals surface area contributed by atoms with Gasteiger partial charge in [0, 0.05) is 17.1 Å². The molecule has 0 fully saturated rings. The second-order valence-corrected chi connectivity index (χ2v) is 8.13. The van der Waals surface area contributed by atoms with Crippen LogP contribution >= 0.6 is 47.8 Å². The summed E-state index contributed by atoms with van der Waals surface area (Å²) in [6.45, 7) is 1.56. The third-order valence-electron chi connectivity index (χ3n) is 3.55. The van der Waals surface area contributed by atoms with Crippen LogP contribution in [0, 0.1) is 18.3 Å². The number of phenols is 1. The molecular weight excluding hydrogens is 576 g/mol. The first-order valence-corrected chi connectivity index (χ1v) is 10.4. The standard InChI is InChI=1S/C18H15Br3N4O4/c1-9-16(21)12(7-28-2)11(5-22)18(24-9)29-8-15(26)25-23-6-10-3-13(19)17(27)14(20)4-10/h3-4,6,27H,7-8H2,1-2H3,(H,25,26)/b23-6-. The van der Waals surface area contributed by atoms with Gasteiger partial charge in [-0.05, 0) is 72.4 Å². The molecule has 0 atom stereocenters. The zero-order valence-electron chi connectivity index (χ0n) is 15.3. The molecule has 1 amide bonds. The number of halogens is 3. The Hall–Kier alpha value is -2.00. The molecule has 0 spiro atoms. The number of carbonyl (C=O) groups is 1. The summed E-state index contributed by atoms with van der Waals surface area (Å²) >= 11 is 9.82. The molecule has 0 bridgehead atoms. The highest BCUT2D eigenvalue weighted by Crippen LogP contribution is 2.33. The number of nitrogens with one attached hydrogen (secondary N) is 1. The molecule has 0 unspecified atom stereocenters. The number of nitriles is 1. The van der Waals surface area contributed by atoms with Crippen LogP contribution in [0.1, 0.15) is 22.4 Å². The molecule has 8 nitrogen and oxygen atoms in total. The van der Waals surface area contributed by atoms with Crippen molar-refractivity contribution >= 4 is 59.9 Å². The fraction of sp³-hybridized carbons (Fsp3) is 0.222. The second-order valence-electron chi connectivity index (χ2n) is 5.63. The van der Waals surface area contributed by atoms with Crippen molar-refractivity contribution in [1.82, 2.24) is 10.4 Å². The Kier molecular flexibility index (Phi) is 8.58. The van der Waals surface area contributed by atoms with Crippen LogP contribution in [0.25, 0.3) is 0 Å². The van der Waals surface area contributed by atoms with Crippen LogP contribution in [0.3, 0.4) is 0 Å². The quantitative estimate of drug-likeness (QED) is 0.373. The first kappa shape index (κ1) is 23.3. The van der Waals surface area contributed by atoms with E-state index in [1.54, 1.807) is 19.1 Å². The molecule has 1 heterocycles. The van der Waals surface area contributed by atoms with E-state index in [9.17, 15) is 15.2 Å². The van der Waals surface area contributed by atoms with Crippen molar-refractivity contribution < 1.29 is 19.4 Å². The minimum Gasteiger partial charge on any atom is -0.506 e. The van der Waals surface area contributed by atoms with Crippen molar-refractivity contribution in [2.75, 3.05) is 13.7 Å². The van der Waals surface area contributed by atoms with Gasteiger partial charge in [-0.15, -0.1) is 0 Å². The molecule has 152 valence electrons. The lowest BCUT2D eigenvalue weighted by molar-refractivity contribution is -0.123. The average molecular weight is 591 g/mol. The molecule has 0 aliphatic carbocycles. The Morgan fingerprint density at radius 2 is 2.03 bits per heavy atom. The van der Waals surface area contributed by atoms with Crippen LogP contribution in [0.15, 0.2) is 30.7 Å². The Morgan fingerprint density at radius 3 is 2.62 bits per heavy atom. The number of hydrogen-bond donors (Lipinski definition) is 2. The highest BCUT2D eigenvalue weighted by Gasteiger charge is 2.18. The van der Waals surface area contributed by atoms with Gasteiger partial charge in [-0.1, -0.05) is 0 Å². The lowest BCUT2D eigenvalue weighted by atomic mass is 10.1. The largest absolute Gasteiger partial charge is 0.506 e. The number of carbonyl (C=O) groups excluding carboxylic acids is 1. The minimum atomic E-state index is -0.530. The van der Waals surface area contributed by atoms with Crippen molar-refractivity contribution in [3.05, 3.63) is 47.9 Å². The van der Waals surface area contributed by atoms with Gasteiger partial charge in [0.2, 0.25) is 5.88 Å². The van der Waals surface area contributed by atoms with Gasteiger partial charge in [0.15, 0.2) is 6.61 Å². The first-order chi connectivity index (χ1) is 13.8. The van der Waals surface area contributed by atoms with Crippen molar-refractivity contribution in [3.8, 4) is 17.7 Å². The number of hydrazone groups is 1. The molecule has 0 radical (unpaired) electrons. The molecule has 1 aromatic heterocycles. The zero-order chi connectivity index (χ0) is 21.6. The Bertz CT molecular complexity index is 983. The number of hydrogen-bond acceptors (Lipinski definition) is 7. The van der Waals surface area contributed by atoms with Crippen molar-refractivity contribution in [3.63, 3.8) is 0 Å². The van der Waals surface area contributed by atoms with E-state index < -0.39 is 5.91 Å². The maximum Gasteiger partial charge on any atom is 0.278 e. The molecule has 11 heteroatoms. The van der Waals surface area contributed by atoms with Gasteiger partial charge in [-0.3, -0.25) is 4.79 Å². The number of aryl methyl sites for hydroxylation is 1. The van der Waals surface area contributed by atoms with E-state index in [4.69, 9.17) is 9.47 Å². The minimum absolute atomic E-state index is 0.0470. The molecule has 2 N–H and O–H groups in total. The Labute approximate surface area is 192 Å². The average Bonchev–Trinajstić information content (AvgIpc) is 2.68. The highest BCUT2D eigenvalue weighted by molar-refractivity contribution is 9.11. The molecular formula is C18H15Br3N4O4. The molecule has 1 aromatic carbocycles. The monoisotopic (exact) mass is 588 g/mol. The number of nitrogens with zero attached hydrogens (tertiary/aromatic N) is 3. The predicted molar refractivity (Wildman–Crippen MR) is 117 cm³/mol. The second kappa shape index (κ2) is 10.7. The maximum absolute atomic E-state index is 12.0. The fourth-order valence-corrected chi connectivity index (χ4v) is 3.84. The smallest absolute Gasteiger partial charge is 0.278 e. The summed E-state index contributed by atoms with van der Waals surface area (Å²) in [6.07, 6.45) is 1.41. The number of pyridine rings is 1. The van der Waals surface area contributed by atoms with Gasteiger partial charge in [0.25, 0.3) is 5.91 Å². The maximum atomic E-state index is 12.0. The number of phenolic OH excluding ortho intramolecular Hbond substituents is 1. The zero-order valence-corrected chi connectivity index (χ0v) is 20.1. The van der Waals surface area contributed by atoms with Crippen molar-refractivity contribution in [2.45, 2.75) is 13.5 Å². The van der Waals surface area contributed by atoms with E-state index >= 15 is 0 Å². The fourth-order valence-electron chi connectivity index (χ4n) is 2.22. The normalized spacial score (nSPS) is 10.8. The summed E-state index contributed by atoms with van der Waals surface area (Å²) < 4.78 is 12.2. The predicted octanol–water partition coefficient (Wildman–Crippen LogP) is 3.93. The molecule has 0 aliphatic heterocycles. The van der Waals surface area contributed by atoms with Crippen LogP contribution in [0.5, 0.6) is 11.6 Å². The summed E-state index contributed by atoms with van der Waals surface area (Å²) in [6, 6.07) is 5.30. The number of aromatic hydroxyl groups is 1. The van der Waals surface area contributed by atoms with E-state index in [1.807, 2.05) is 6.07 Å². The van der Waals surface area contributed by atoms with Crippen molar-refractivity contribution in [1.29, 1.82) is 5.26 Å². The summed E-state index contributed by atoms with van der Waals surface area (Å²) in [5.74, 6) is -0.415. The number of rotatable bonds is 7. The third-order valence-corrected chi connectivity index (χ3v) is 5.81. The van der Waals surface area contributed by atoms with Gasteiger partial charge in [0.1, 0.15) is 17.4 Å². The topological polar surface area (TPSA) is 117 Å². The van der Waals surface area contributed by atoms with Gasteiger partial charge in [-0.2, -0.15) is 10.4 Å². The summed E-state index contributed by atoms with van der Waals surface area (Å²) in [5.41, 5.74) is 4.36. The lowest BCUT2D eigenvalue weighted by Crippen LogP contribution is -2.25. The molecule has 0 aliphatic rings. The Morgan fingerprint density at radius 1 is 1.38 bits per heavy atom. The van der Waals surface area contributed by atoms with E-state index in [1.165, 1.54) is 13.3 Å². The third kappa shape index (κ3) is 5.99. The van der Waals surface area contributed by atoms with E-state index in [2.05, 4.69) is 63.3 Å². The summed E-state index contributed by atoms with van der Waals surface area (Å²) in [4.78, 5) is 16.2. The number of amides is 1. The lowest BCUT2D eigenvalue weighted by Gasteiger charge is -2.13. The Balaban J connectivity index is 2.05. The highest BCUT2D eigenvalue weighted by atomic mass is 79.9. The molecule has 2 rings (SSSR count). The van der Waals surface area contributed by atoms with E-state index in [0.717, 1.165) is 0 Å². The molecule has 0 saturated heterocycles. The van der Waals surface area contributed by atoms with E-state index in [0.29, 0.717) is 30.2 Å². The van der Waals surface area contributed by atoms with Crippen LogP contribution in [-0.4, -0.2) is 35.9 Å². The number of aromatic nitrogens is 1. The van der Waals surface area contributed by atoms with Gasteiger partial charge >= 0.3 is 0 Å². The van der Waals surface area contributed by atoms with Crippen LogP contribution < -0.4 is 10.2 Å². The summed E-state index contributed by atoms with van der Waals surface area (Å²) in [5, 5.41) is 23.0. The van der Waals surface area contributed by atoms with Gasteiger partial charge in [0.05, 0.1) is 27.5 Å². The van der Waals surface area contributed by atoms with Gasteiger partial charge < -0.3 is 14.6 Å². The SMILES string of the molecule is COCc1c(Br)c(C)nc(OCC(=O)N/N=C\c2cc(Br)c(O)c(Br)c2)c1C#N. The first-order valence-electron chi connectivity index (χ1n) is 7.99. The number of methoxy groups -OCH3 is 1. The van der Waals surface area contributed by atoms with Crippen molar-refractivity contribution in [2.24, 2.45) is 5.10 Å². The molecule has 0 saturated carbocycles. The van der Waals surface area contributed by atoms with E-state index in [-0.39, 0.29) is 30.4 Å². The van der Waals surface area contributed by atoms with Crippen LogP contribution in [0.4, 0.5) is 0 Å². The van der Waals surface area contributed by atoms with Crippen LogP contribution in [-0.2, 0) is 16.1 Å². The van der Waals surface area contributed by atoms with Gasteiger partial charge in [-0.25, -0.2) is 10.4 Å². The summed E-state index contributed by atoms with van der Waals surface area (Å²) in [7, 11) is 1.51. The number of ether oxygens (including phenoxy) is 2. The molecule has 2 aromatic rings. The van der Waals surface area contributed by atoms with Crippen LogP contribution in [0.2, 0.25) is 0 Å². The molecule has 29 heavy (non-hydrogen) atoms. The number of benzene rings is 1.